The van der Waals surface area contributed by atoms with Crippen molar-refractivity contribution >= 4 is 17.6 Å². The van der Waals surface area contributed by atoms with Gasteiger partial charge in [-0.3, -0.25) is 4.79 Å². The number of carbonyl (C=O) groups excluding carboxylic acids is 2. The van der Waals surface area contributed by atoms with E-state index >= 15 is 0 Å². The molecule has 0 aliphatic carbocycles. The third kappa shape index (κ3) is 4.06. The molecule has 1 aliphatic heterocycles. The van der Waals surface area contributed by atoms with Gasteiger partial charge in [0.1, 0.15) is 19.0 Å². The number of esters is 1. The smallest absolute Gasteiger partial charge is 0.338 e. The molecule has 0 radical (unpaired) electrons. The zero-order chi connectivity index (χ0) is 17.8. The summed E-state index contributed by atoms with van der Waals surface area (Å²) in [5, 5.41) is 2.51. The first-order valence-electron chi connectivity index (χ1n) is 7.66. The fraction of sp³-hybridized carbons (Fsp3) is 0.222. The van der Waals surface area contributed by atoms with Crippen LogP contribution in [0.2, 0.25) is 0 Å². The molecule has 0 saturated heterocycles. The van der Waals surface area contributed by atoms with Crippen LogP contribution in [-0.4, -0.2) is 31.7 Å². The summed E-state index contributed by atoms with van der Waals surface area (Å²) in [5.74, 6) is -0.667. The zero-order valence-corrected chi connectivity index (χ0v) is 13.5. The molecule has 1 N–H and O–H groups in total. The predicted molar refractivity (Wildman–Crippen MR) is 87.5 cm³/mol. The van der Waals surface area contributed by atoms with Crippen molar-refractivity contribution in [2.24, 2.45) is 0 Å². The number of hydrogen-bond acceptors (Lipinski definition) is 5. The molecule has 0 aromatic heterocycles. The molecular weight excluding hydrogens is 329 g/mol. The maximum Gasteiger partial charge on any atom is 0.338 e. The summed E-state index contributed by atoms with van der Waals surface area (Å²) in [4.78, 5) is 23.9. The summed E-state index contributed by atoms with van der Waals surface area (Å²) >= 11 is 0. The molecule has 0 spiro atoms. The molecule has 130 valence electrons. The topological polar surface area (TPSA) is 73.9 Å². The number of amides is 1. The van der Waals surface area contributed by atoms with Crippen molar-refractivity contribution in [1.29, 1.82) is 0 Å². The summed E-state index contributed by atoms with van der Waals surface area (Å²) in [5.41, 5.74) is 1.28. The number of hydrogen-bond donors (Lipinski definition) is 1. The van der Waals surface area contributed by atoms with Gasteiger partial charge in [-0.25, -0.2) is 9.18 Å². The van der Waals surface area contributed by atoms with Gasteiger partial charge in [-0.15, -0.1) is 0 Å². The molecule has 25 heavy (non-hydrogen) atoms. The second-order valence-electron chi connectivity index (χ2n) is 5.44. The second kappa shape index (κ2) is 7.21. The van der Waals surface area contributed by atoms with Gasteiger partial charge in [0, 0.05) is 5.69 Å². The van der Waals surface area contributed by atoms with Crippen LogP contribution in [0.1, 0.15) is 15.9 Å². The molecule has 2 aromatic carbocycles. The van der Waals surface area contributed by atoms with Crippen molar-refractivity contribution in [3.8, 4) is 11.5 Å². The number of aryl methyl sites for hydroxylation is 1. The Morgan fingerprint density at radius 1 is 1.12 bits per heavy atom. The third-order valence-electron chi connectivity index (χ3n) is 3.59. The minimum absolute atomic E-state index is 0.249. The number of ether oxygens (including phenoxy) is 3. The van der Waals surface area contributed by atoms with Gasteiger partial charge in [0.2, 0.25) is 0 Å². The molecule has 0 bridgehead atoms. The normalized spacial score (nSPS) is 12.4. The lowest BCUT2D eigenvalue weighted by Crippen LogP contribution is -2.21. The molecular formula is C18H16FNO5. The number of nitrogens with one attached hydrogen (secondary N) is 1. The van der Waals surface area contributed by atoms with Crippen molar-refractivity contribution in [2.45, 2.75) is 6.92 Å². The van der Waals surface area contributed by atoms with Crippen molar-refractivity contribution < 1.29 is 28.2 Å². The first kappa shape index (κ1) is 16.8. The maximum atomic E-state index is 13.2. The van der Waals surface area contributed by atoms with Crippen LogP contribution in [0.15, 0.2) is 36.4 Å². The largest absolute Gasteiger partial charge is 0.486 e. The molecule has 1 heterocycles. The first-order chi connectivity index (χ1) is 12.0. The number of halogens is 1. The first-order valence-corrected chi connectivity index (χ1v) is 7.66. The number of benzene rings is 2. The van der Waals surface area contributed by atoms with Crippen LogP contribution in [0.25, 0.3) is 0 Å². The van der Waals surface area contributed by atoms with Gasteiger partial charge in [0.05, 0.1) is 5.56 Å². The quantitative estimate of drug-likeness (QED) is 0.863. The maximum absolute atomic E-state index is 13.2. The average Bonchev–Trinajstić information content (AvgIpc) is 2.62. The lowest BCUT2D eigenvalue weighted by atomic mass is 10.2. The summed E-state index contributed by atoms with van der Waals surface area (Å²) in [6, 6.07) is 8.70. The van der Waals surface area contributed by atoms with Gasteiger partial charge in [0.15, 0.2) is 18.1 Å². The van der Waals surface area contributed by atoms with E-state index in [1.54, 1.807) is 19.1 Å². The molecule has 7 heteroatoms. The lowest BCUT2D eigenvalue weighted by molar-refractivity contribution is -0.119. The molecule has 1 aliphatic rings. The van der Waals surface area contributed by atoms with Crippen molar-refractivity contribution in [3.63, 3.8) is 0 Å². The Balaban J connectivity index is 1.58. The summed E-state index contributed by atoms with van der Waals surface area (Å²) in [6.45, 7) is 2.11. The van der Waals surface area contributed by atoms with Gasteiger partial charge in [0.25, 0.3) is 5.91 Å². The minimum Gasteiger partial charge on any atom is -0.486 e. The van der Waals surface area contributed by atoms with Crippen LogP contribution >= 0.6 is 0 Å². The fourth-order valence-corrected chi connectivity index (χ4v) is 2.30. The number of anilines is 1. The molecule has 0 fully saturated rings. The number of fused-ring (bicyclic) bond motifs is 1. The molecule has 3 rings (SSSR count). The van der Waals surface area contributed by atoms with Crippen LogP contribution in [0, 0.1) is 12.7 Å². The van der Waals surface area contributed by atoms with Gasteiger partial charge in [-0.05, 0) is 42.8 Å². The van der Waals surface area contributed by atoms with E-state index in [1.165, 1.54) is 24.3 Å². The van der Waals surface area contributed by atoms with Gasteiger partial charge in [-0.1, -0.05) is 6.07 Å². The Kier molecular flexibility index (Phi) is 4.83. The van der Waals surface area contributed by atoms with Crippen molar-refractivity contribution in [1.82, 2.24) is 0 Å². The van der Waals surface area contributed by atoms with E-state index in [0.29, 0.717) is 36.0 Å². The highest BCUT2D eigenvalue weighted by Gasteiger charge is 2.17. The Hall–Kier alpha value is -3.09. The lowest BCUT2D eigenvalue weighted by Gasteiger charge is -2.18. The Morgan fingerprint density at radius 3 is 2.68 bits per heavy atom. The highest BCUT2D eigenvalue weighted by Crippen LogP contribution is 2.30. The highest BCUT2D eigenvalue weighted by molar-refractivity contribution is 5.96. The van der Waals surface area contributed by atoms with E-state index in [2.05, 4.69) is 5.32 Å². The van der Waals surface area contributed by atoms with E-state index in [-0.39, 0.29) is 5.56 Å². The Labute approximate surface area is 143 Å². The monoisotopic (exact) mass is 345 g/mol. The molecule has 0 unspecified atom stereocenters. The molecule has 6 nitrogen and oxygen atoms in total. The van der Waals surface area contributed by atoms with E-state index < -0.39 is 24.3 Å². The van der Waals surface area contributed by atoms with Crippen LogP contribution < -0.4 is 14.8 Å². The predicted octanol–water partition coefficient (Wildman–Crippen LogP) is 2.70. The minimum atomic E-state index is -0.664. The molecule has 0 saturated carbocycles. The fourth-order valence-electron chi connectivity index (χ4n) is 2.30. The molecule has 1 amide bonds. The number of carbonyl (C=O) groups is 2. The van der Waals surface area contributed by atoms with Crippen molar-refractivity contribution in [3.05, 3.63) is 53.3 Å². The Morgan fingerprint density at radius 2 is 1.88 bits per heavy atom. The number of rotatable bonds is 4. The third-order valence-corrected chi connectivity index (χ3v) is 3.59. The van der Waals surface area contributed by atoms with E-state index in [4.69, 9.17) is 14.2 Å². The van der Waals surface area contributed by atoms with E-state index in [9.17, 15) is 14.0 Å². The summed E-state index contributed by atoms with van der Waals surface area (Å²) in [6.07, 6.45) is 0. The summed E-state index contributed by atoms with van der Waals surface area (Å²) < 4.78 is 29.0. The van der Waals surface area contributed by atoms with E-state index in [0.717, 1.165) is 0 Å². The summed E-state index contributed by atoms with van der Waals surface area (Å²) in [7, 11) is 0. The zero-order valence-electron chi connectivity index (χ0n) is 13.5. The van der Waals surface area contributed by atoms with Gasteiger partial charge >= 0.3 is 5.97 Å². The molecule has 0 atom stereocenters. The van der Waals surface area contributed by atoms with E-state index in [1.807, 2.05) is 0 Å². The second-order valence-corrected chi connectivity index (χ2v) is 5.44. The standard InChI is InChI=1S/C18H16FNO5/c1-11-2-4-13(19)9-14(11)20-17(21)10-25-18(22)12-3-5-15-16(8-12)24-7-6-23-15/h2-5,8-9H,6-7,10H2,1H3,(H,20,21). The van der Waals surface area contributed by atoms with Crippen LogP contribution in [0.4, 0.5) is 10.1 Å². The van der Waals surface area contributed by atoms with Crippen LogP contribution in [0.5, 0.6) is 11.5 Å². The highest BCUT2D eigenvalue weighted by atomic mass is 19.1. The molecule has 2 aromatic rings. The average molecular weight is 345 g/mol. The van der Waals surface area contributed by atoms with Crippen molar-refractivity contribution in [2.75, 3.05) is 25.1 Å². The Bertz CT molecular complexity index is 821. The van der Waals surface area contributed by atoms with Crippen LogP contribution in [0.3, 0.4) is 0 Å². The van der Waals surface area contributed by atoms with Crippen LogP contribution in [-0.2, 0) is 9.53 Å². The van der Waals surface area contributed by atoms with Gasteiger partial charge in [-0.2, -0.15) is 0 Å². The van der Waals surface area contributed by atoms with Gasteiger partial charge < -0.3 is 19.5 Å². The SMILES string of the molecule is Cc1ccc(F)cc1NC(=O)COC(=O)c1ccc2c(c1)OCCO2.